The standard InChI is InChI=1S/C16H10O3S/c1-18-16(17)11-7-4-6-10-13-15(20-14(10)11)9-5-2-3-8-12(9)19-13/h2-8H,1H3. The molecule has 0 aliphatic heterocycles. The average molecular weight is 282 g/mol. The smallest absolute Gasteiger partial charge is 0.339 e. The van der Waals surface area contributed by atoms with Gasteiger partial charge in [-0.1, -0.05) is 18.2 Å². The largest absolute Gasteiger partial charge is 0.465 e. The van der Waals surface area contributed by atoms with E-state index in [0.29, 0.717) is 5.56 Å². The Labute approximate surface area is 118 Å². The van der Waals surface area contributed by atoms with Gasteiger partial charge in [0.2, 0.25) is 0 Å². The van der Waals surface area contributed by atoms with Crippen molar-refractivity contribution >= 4 is 48.6 Å². The van der Waals surface area contributed by atoms with E-state index >= 15 is 0 Å². The van der Waals surface area contributed by atoms with Gasteiger partial charge < -0.3 is 9.15 Å². The number of carbonyl (C=O) groups excluding carboxylic acids is 1. The molecular formula is C16H10O3S. The van der Waals surface area contributed by atoms with Crippen LogP contribution in [0.3, 0.4) is 0 Å². The third-order valence-corrected chi connectivity index (χ3v) is 4.67. The van der Waals surface area contributed by atoms with E-state index in [-0.39, 0.29) is 5.97 Å². The summed E-state index contributed by atoms with van der Waals surface area (Å²) in [6, 6.07) is 13.6. The lowest BCUT2D eigenvalue weighted by atomic mass is 10.1. The van der Waals surface area contributed by atoms with Gasteiger partial charge in [0, 0.05) is 10.8 Å². The molecule has 0 saturated carbocycles. The molecule has 0 unspecified atom stereocenters. The fourth-order valence-corrected chi connectivity index (χ4v) is 3.76. The number of thiophene rings is 1. The second-order valence-electron chi connectivity index (χ2n) is 4.53. The second kappa shape index (κ2) is 4.08. The summed E-state index contributed by atoms with van der Waals surface area (Å²) in [5, 5.41) is 2.05. The summed E-state index contributed by atoms with van der Waals surface area (Å²) in [5.74, 6) is -0.316. The third-order valence-electron chi connectivity index (χ3n) is 3.42. The number of benzene rings is 2. The zero-order valence-corrected chi connectivity index (χ0v) is 11.5. The Balaban J connectivity index is 2.17. The van der Waals surface area contributed by atoms with Gasteiger partial charge in [-0.3, -0.25) is 0 Å². The van der Waals surface area contributed by atoms with Gasteiger partial charge in [-0.2, -0.15) is 0 Å². The zero-order valence-electron chi connectivity index (χ0n) is 10.7. The zero-order chi connectivity index (χ0) is 13.7. The summed E-state index contributed by atoms with van der Waals surface area (Å²) < 4.78 is 12.8. The van der Waals surface area contributed by atoms with Crippen molar-refractivity contribution in [3.63, 3.8) is 0 Å². The molecule has 2 aromatic heterocycles. The molecule has 0 spiro atoms. The van der Waals surface area contributed by atoms with Gasteiger partial charge in [0.1, 0.15) is 5.58 Å². The normalized spacial score (nSPS) is 11.4. The summed E-state index contributed by atoms with van der Waals surface area (Å²) in [7, 11) is 1.40. The van der Waals surface area contributed by atoms with Crippen LogP contribution >= 0.6 is 11.3 Å². The molecule has 0 bridgehead atoms. The first kappa shape index (κ1) is 11.5. The Morgan fingerprint density at radius 1 is 1.05 bits per heavy atom. The quantitative estimate of drug-likeness (QED) is 0.479. The molecule has 4 rings (SSSR count). The molecule has 20 heavy (non-hydrogen) atoms. The van der Waals surface area contributed by atoms with Crippen LogP contribution in [0.2, 0.25) is 0 Å². The molecular weight excluding hydrogens is 272 g/mol. The number of hydrogen-bond acceptors (Lipinski definition) is 4. The number of furan rings is 1. The monoisotopic (exact) mass is 282 g/mol. The summed E-state index contributed by atoms with van der Waals surface area (Å²) in [5.41, 5.74) is 2.31. The average Bonchev–Trinajstić information content (AvgIpc) is 3.02. The van der Waals surface area contributed by atoms with Crippen LogP contribution in [0.5, 0.6) is 0 Å². The van der Waals surface area contributed by atoms with Crippen LogP contribution in [0.4, 0.5) is 0 Å². The van der Waals surface area contributed by atoms with Crippen molar-refractivity contribution in [3.05, 3.63) is 48.0 Å². The Morgan fingerprint density at radius 3 is 2.70 bits per heavy atom. The van der Waals surface area contributed by atoms with Crippen LogP contribution in [0, 0.1) is 0 Å². The van der Waals surface area contributed by atoms with E-state index in [9.17, 15) is 4.79 Å². The molecule has 2 aromatic carbocycles. The fourth-order valence-electron chi connectivity index (χ4n) is 2.50. The summed E-state index contributed by atoms with van der Waals surface area (Å²) >= 11 is 1.57. The van der Waals surface area contributed by atoms with Crippen LogP contribution in [0.1, 0.15) is 10.4 Å². The highest BCUT2D eigenvalue weighted by molar-refractivity contribution is 7.27. The van der Waals surface area contributed by atoms with E-state index in [1.54, 1.807) is 17.4 Å². The fraction of sp³-hybridized carbons (Fsp3) is 0.0625. The number of para-hydroxylation sites is 1. The number of esters is 1. The van der Waals surface area contributed by atoms with Gasteiger partial charge in [0.15, 0.2) is 5.58 Å². The van der Waals surface area contributed by atoms with Crippen LogP contribution < -0.4 is 0 Å². The van der Waals surface area contributed by atoms with E-state index in [4.69, 9.17) is 9.15 Å². The van der Waals surface area contributed by atoms with Gasteiger partial charge >= 0.3 is 5.97 Å². The second-order valence-corrected chi connectivity index (χ2v) is 5.55. The van der Waals surface area contributed by atoms with Crippen molar-refractivity contribution in [3.8, 4) is 0 Å². The van der Waals surface area contributed by atoms with E-state index in [0.717, 1.165) is 31.3 Å². The molecule has 0 fully saturated rings. The molecule has 4 aromatic rings. The lowest BCUT2D eigenvalue weighted by molar-refractivity contribution is 0.0603. The molecule has 0 N–H and O–H groups in total. The van der Waals surface area contributed by atoms with Crippen LogP contribution in [0.15, 0.2) is 46.9 Å². The molecule has 0 amide bonds. The molecule has 0 saturated heterocycles. The minimum atomic E-state index is -0.316. The first-order chi connectivity index (χ1) is 9.79. The predicted octanol–water partition coefficient (Wildman–Crippen LogP) is 4.59. The van der Waals surface area contributed by atoms with Crippen LogP contribution in [-0.4, -0.2) is 13.1 Å². The number of fused-ring (bicyclic) bond motifs is 5. The van der Waals surface area contributed by atoms with Gasteiger partial charge in [-0.05, 0) is 24.3 Å². The van der Waals surface area contributed by atoms with Gasteiger partial charge in [-0.15, -0.1) is 11.3 Å². The first-order valence-electron chi connectivity index (χ1n) is 6.20. The van der Waals surface area contributed by atoms with E-state index < -0.39 is 0 Å². The highest BCUT2D eigenvalue weighted by Crippen LogP contribution is 2.41. The number of methoxy groups -OCH3 is 1. The molecule has 4 heteroatoms. The molecule has 0 atom stereocenters. The number of ether oxygens (including phenoxy) is 1. The van der Waals surface area contributed by atoms with Crippen molar-refractivity contribution in [1.29, 1.82) is 0 Å². The molecule has 3 nitrogen and oxygen atoms in total. The van der Waals surface area contributed by atoms with Crippen molar-refractivity contribution in [1.82, 2.24) is 0 Å². The van der Waals surface area contributed by atoms with Crippen molar-refractivity contribution in [2.75, 3.05) is 7.11 Å². The van der Waals surface area contributed by atoms with E-state index in [1.807, 2.05) is 36.4 Å². The summed E-state index contributed by atoms with van der Waals surface area (Å²) in [4.78, 5) is 11.8. The number of carbonyl (C=O) groups is 1. The van der Waals surface area contributed by atoms with E-state index in [2.05, 4.69) is 0 Å². The Kier molecular flexibility index (Phi) is 2.35. The van der Waals surface area contributed by atoms with Crippen LogP contribution in [-0.2, 0) is 4.74 Å². The van der Waals surface area contributed by atoms with Crippen molar-refractivity contribution < 1.29 is 13.9 Å². The van der Waals surface area contributed by atoms with Crippen molar-refractivity contribution in [2.24, 2.45) is 0 Å². The minimum absolute atomic E-state index is 0.316. The SMILES string of the molecule is COC(=O)c1cccc2c1sc1c3ccccc3oc21. The number of rotatable bonds is 1. The lowest BCUT2D eigenvalue weighted by Gasteiger charge is -1.99. The van der Waals surface area contributed by atoms with Gasteiger partial charge in [-0.25, -0.2) is 4.79 Å². The Bertz CT molecular complexity index is 962. The number of hydrogen-bond donors (Lipinski definition) is 0. The van der Waals surface area contributed by atoms with Crippen LogP contribution in [0.25, 0.3) is 31.3 Å². The molecule has 0 aliphatic carbocycles. The molecule has 0 aliphatic rings. The molecule has 2 heterocycles. The maximum absolute atomic E-state index is 11.8. The molecule has 98 valence electrons. The topological polar surface area (TPSA) is 39.4 Å². The lowest BCUT2D eigenvalue weighted by Crippen LogP contribution is -2.00. The highest BCUT2D eigenvalue weighted by Gasteiger charge is 2.18. The maximum atomic E-state index is 11.8. The molecule has 0 radical (unpaired) electrons. The highest BCUT2D eigenvalue weighted by atomic mass is 32.1. The van der Waals surface area contributed by atoms with Crippen molar-refractivity contribution in [2.45, 2.75) is 0 Å². The summed E-state index contributed by atoms with van der Waals surface area (Å²) in [6.45, 7) is 0. The minimum Gasteiger partial charge on any atom is -0.465 e. The Morgan fingerprint density at radius 2 is 1.85 bits per heavy atom. The van der Waals surface area contributed by atoms with Gasteiger partial charge in [0.25, 0.3) is 0 Å². The Hall–Kier alpha value is -2.33. The predicted molar refractivity (Wildman–Crippen MR) is 80.4 cm³/mol. The van der Waals surface area contributed by atoms with Gasteiger partial charge in [0.05, 0.1) is 22.1 Å². The third kappa shape index (κ3) is 1.42. The van der Waals surface area contributed by atoms with E-state index in [1.165, 1.54) is 7.11 Å². The summed E-state index contributed by atoms with van der Waals surface area (Å²) in [6.07, 6.45) is 0. The first-order valence-corrected chi connectivity index (χ1v) is 7.02. The maximum Gasteiger partial charge on any atom is 0.339 e.